The molecule has 0 saturated heterocycles. The number of carbonyl (C=O) groups is 6. The number of hydrogen-bond acceptors (Lipinski definition) is 8. The summed E-state index contributed by atoms with van der Waals surface area (Å²) in [5.41, 5.74) is -5.22. The Bertz CT molecular complexity index is 1200. The van der Waals surface area contributed by atoms with E-state index in [9.17, 15) is 28.8 Å². The minimum atomic E-state index is -1.18. The molecule has 4 aliphatic carbocycles. The van der Waals surface area contributed by atoms with Gasteiger partial charge in [-0.25, -0.2) is 0 Å². The van der Waals surface area contributed by atoms with Crippen molar-refractivity contribution >= 4 is 35.1 Å². The van der Waals surface area contributed by atoms with Crippen molar-refractivity contribution in [2.24, 2.45) is 44.3 Å². The zero-order valence-corrected chi connectivity index (χ0v) is 26.4. The number of rotatable bonds is 2. The van der Waals surface area contributed by atoms with E-state index in [4.69, 9.17) is 9.47 Å². The van der Waals surface area contributed by atoms with Crippen molar-refractivity contribution < 1.29 is 38.2 Å². The molecule has 228 valence electrons. The first-order valence-electron chi connectivity index (χ1n) is 15.1. The summed E-state index contributed by atoms with van der Waals surface area (Å²) < 4.78 is 10.8. The summed E-state index contributed by atoms with van der Waals surface area (Å²) in [6.45, 7) is 14.5. The molecule has 8 heteroatoms. The Morgan fingerprint density at radius 1 is 0.780 bits per heavy atom. The molecule has 4 fully saturated rings. The van der Waals surface area contributed by atoms with Crippen molar-refractivity contribution in [2.45, 2.75) is 119 Å². The smallest absolute Gasteiger partial charge is 0.311 e. The number of methoxy groups -OCH3 is 1. The third kappa shape index (κ3) is 4.53. The van der Waals surface area contributed by atoms with Gasteiger partial charge in [-0.2, -0.15) is 0 Å². The molecule has 0 bridgehead atoms. The van der Waals surface area contributed by atoms with Gasteiger partial charge in [-0.1, -0.05) is 41.5 Å². The Morgan fingerprint density at radius 3 is 1.98 bits per heavy atom. The van der Waals surface area contributed by atoms with Crippen LogP contribution in [0, 0.1) is 44.3 Å². The minimum Gasteiger partial charge on any atom is -0.469 e. The lowest BCUT2D eigenvalue weighted by Crippen LogP contribution is -2.64. The highest BCUT2D eigenvalue weighted by molar-refractivity contribution is 6.42. The fraction of sp³-hybridized carbons (Fsp3) is 0.818. The number of Topliss-reactive ketones (excluding diaryl/α,β-unsaturated/α-hetero) is 4. The summed E-state index contributed by atoms with van der Waals surface area (Å²) >= 11 is 0. The quantitative estimate of drug-likeness (QED) is 0.326. The van der Waals surface area contributed by atoms with Gasteiger partial charge < -0.3 is 9.47 Å². The van der Waals surface area contributed by atoms with Crippen molar-refractivity contribution in [3.63, 3.8) is 0 Å². The maximum atomic E-state index is 14.4. The first-order chi connectivity index (χ1) is 18.7. The number of ketones is 4. The summed E-state index contributed by atoms with van der Waals surface area (Å²) in [4.78, 5) is 81.6. The van der Waals surface area contributed by atoms with Gasteiger partial charge in [0.05, 0.1) is 12.5 Å². The van der Waals surface area contributed by atoms with Gasteiger partial charge in [-0.15, -0.1) is 0 Å². The van der Waals surface area contributed by atoms with Crippen molar-refractivity contribution in [3.05, 3.63) is 0 Å². The van der Waals surface area contributed by atoms with Gasteiger partial charge in [0.1, 0.15) is 6.10 Å². The van der Waals surface area contributed by atoms with Gasteiger partial charge in [0.15, 0.2) is 11.6 Å². The summed E-state index contributed by atoms with van der Waals surface area (Å²) in [6.07, 6.45) is 2.67. The lowest BCUT2D eigenvalue weighted by molar-refractivity contribution is -0.190. The molecular weight excluding hydrogens is 524 g/mol. The molecule has 0 unspecified atom stereocenters. The second-order valence-corrected chi connectivity index (χ2v) is 15.5. The molecule has 4 saturated carbocycles. The number of hydrogen-bond donors (Lipinski definition) is 0. The van der Waals surface area contributed by atoms with Crippen LogP contribution in [0.4, 0.5) is 0 Å². The van der Waals surface area contributed by atoms with E-state index >= 15 is 0 Å². The number of carbonyl (C=O) groups excluding carboxylic acids is 6. The summed E-state index contributed by atoms with van der Waals surface area (Å²) in [7, 11) is 1.37. The molecule has 4 rings (SSSR count). The molecule has 0 amide bonds. The monoisotopic (exact) mass is 572 g/mol. The summed E-state index contributed by atoms with van der Waals surface area (Å²) in [5.74, 6) is -3.74. The predicted octanol–water partition coefficient (Wildman–Crippen LogP) is 5.22. The van der Waals surface area contributed by atoms with Crippen LogP contribution >= 0.6 is 0 Å². The van der Waals surface area contributed by atoms with Crippen LogP contribution in [0.25, 0.3) is 0 Å². The van der Waals surface area contributed by atoms with Crippen LogP contribution in [0.3, 0.4) is 0 Å². The van der Waals surface area contributed by atoms with Crippen LogP contribution < -0.4 is 0 Å². The largest absolute Gasteiger partial charge is 0.469 e. The molecule has 0 spiro atoms. The molecule has 8 atom stereocenters. The molecule has 0 aromatic carbocycles. The highest BCUT2D eigenvalue weighted by atomic mass is 16.5. The predicted molar refractivity (Wildman–Crippen MR) is 150 cm³/mol. The first-order valence-corrected chi connectivity index (χ1v) is 15.1. The van der Waals surface area contributed by atoms with Gasteiger partial charge in [-0.05, 0) is 74.5 Å². The molecule has 0 N–H and O–H groups in total. The van der Waals surface area contributed by atoms with E-state index in [0.717, 1.165) is 6.42 Å². The number of fused-ring (bicyclic) bond motifs is 4. The van der Waals surface area contributed by atoms with Crippen LogP contribution in [0.1, 0.15) is 113 Å². The molecule has 0 heterocycles. The van der Waals surface area contributed by atoms with Crippen molar-refractivity contribution in [1.29, 1.82) is 0 Å². The third-order valence-electron chi connectivity index (χ3n) is 12.8. The lowest BCUT2D eigenvalue weighted by atomic mass is 9.38. The summed E-state index contributed by atoms with van der Waals surface area (Å²) in [6, 6.07) is 0. The van der Waals surface area contributed by atoms with Crippen LogP contribution in [0.5, 0.6) is 0 Å². The molecule has 4 aliphatic rings. The van der Waals surface area contributed by atoms with Gasteiger partial charge in [-0.3, -0.25) is 28.8 Å². The fourth-order valence-corrected chi connectivity index (χ4v) is 9.67. The maximum absolute atomic E-state index is 14.4. The first kappa shape index (κ1) is 31.6. The maximum Gasteiger partial charge on any atom is 0.311 e. The number of ether oxygens (including phenoxy) is 2. The fourth-order valence-electron chi connectivity index (χ4n) is 9.67. The normalized spacial score (nSPS) is 44.7. The van der Waals surface area contributed by atoms with Crippen LogP contribution in [-0.2, 0) is 38.2 Å². The SMILES string of the molecule is COC(=O)[C@]1(C)CC[C@]2(C)CC[C@]3(C)C(=O)C(=O)C[C@H]4C(C)(C)[C@@H](OC(C)=O)CC[C@]4(C)C(=O)C(=O)C[C@@]3(C)[C@@H]2C1. The van der Waals surface area contributed by atoms with Gasteiger partial charge in [0.25, 0.3) is 0 Å². The van der Waals surface area contributed by atoms with Gasteiger partial charge in [0.2, 0.25) is 11.6 Å². The molecule has 8 nitrogen and oxygen atoms in total. The van der Waals surface area contributed by atoms with E-state index in [-0.39, 0.29) is 36.6 Å². The average molecular weight is 573 g/mol. The molecule has 0 aromatic heterocycles. The topological polar surface area (TPSA) is 121 Å². The van der Waals surface area contributed by atoms with E-state index in [1.54, 1.807) is 13.8 Å². The highest BCUT2D eigenvalue weighted by Crippen LogP contribution is 2.69. The molecule has 41 heavy (non-hydrogen) atoms. The van der Waals surface area contributed by atoms with Crippen LogP contribution in [-0.4, -0.2) is 48.3 Å². The van der Waals surface area contributed by atoms with E-state index in [0.29, 0.717) is 32.1 Å². The van der Waals surface area contributed by atoms with Crippen LogP contribution in [0.2, 0.25) is 0 Å². The molecule has 0 radical (unpaired) electrons. The Balaban J connectivity index is 1.84. The van der Waals surface area contributed by atoms with E-state index in [1.165, 1.54) is 14.0 Å². The van der Waals surface area contributed by atoms with Gasteiger partial charge >= 0.3 is 11.9 Å². The summed E-state index contributed by atoms with van der Waals surface area (Å²) in [5, 5.41) is 0. The highest BCUT2D eigenvalue weighted by Gasteiger charge is 2.68. The van der Waals surface area contributed by atoms with Crippen molar-refractivity contribution in [1.82, 2.24) is 0 Å². The molecular formula is C33H48O8. The number of esters is 2. The zero-order chi connectivity index (χ0) is 31.0. The van der Waals surface area contributed by atoms with Crippen molar-refractivity contribution in [2.75, 3.05) is 7.11 Å². The van der Waals surface area contributed by atoms with E-state index < -0.39 is 68.2 Å². The zero-order valence-electron chi connectivity index (χ0n) is 26.4. The lowest BCUT2D eigenvalue weighted by Gasteiger charge is -2.64. The second-order valence-electron chi connectivity index (χ2n) is 15.5. The molecule has 0 aliphatic heterocycles. The third-order valence-corrected chi connectivity index (χ3v) is 12.8. The Kier molecular flexibility index (Phi) is 7.57. The standard InChI is InChI=1S/C33H48O8/c1-19(34)41-24-10-11-31(6)22(28(24,2)3)16-20(35)26(38)32(7)15-14-29(4)12-13-30(5,27(39)40-9)18-23(29)33(32,8)17-21(36)25(31)37/h22-24H,10-18H2,1-9H3/t22-,23+,24-,29+,30+,31-,32+,33-/m0/s1. The minimum absolute atomic E-state index is 0.158. The van der Waals surface area contributed by atoms with Crippen LogP contribution in [0.15, 0.2) is 0 Å². The molecule has 0 aromatic rings. The van der Waals surface area contributed by atoms with E-state index in [1.807, 2.05) is 27.7 Å². The van der Waals surface area contributed by atoms with Crippen molar-refractivity contribution in [3.8, 4) is 0 Å². The second kappa shape index (κ2) is 9.84. The Hall–Kier alpha value is -2.38. The van der Waals surface area contributed by atoms with E-state index in [2.05, 4.69) is 6.92 Å². The van der Waals surface area contributed by atoms with Gasteiger partial charge in [0, 0.05) is 36.0 Å². The Labute approximate surface area is 244 Å². The average Bonchev–Trinajstić information content (AvgIpc) is 2.90. The Morgan fingerprint density at radius 2 is 1.39 bits per heavy atom.